The number of benzene rings is 1. The van der Waals surface area contributed by atoms with Gasteiger partial charge in [-0.15, -0.1) is 0 Å². The molecule has 1 aromatic carbocycles. The number of aryl methyl sites for hydroxylation is 1. The smallest absolute Gasteiger partial charge is 0.223 e. The number of hydrogen-bond donors (Lipinski definition) is 1. The molecule has 0 aliphatic heterocycles. The first-order valence-electron chi connectivity index (χ1n) is 7.81. The van der Waals surface area contributed by atoms with Gasteiger partial charge in [0.15, 0.2) is 0 Å². The van der Waals surface area contributed by atoms with Crippen LogP contribution in [0, 0.1) is 5.92 Å². The molecule has 0 spiro atoms. The molecule has 3 rings (SSSR count). The summed E-state index contributed by atoms with van der Waals surface area (Å²) in [6, 6.07) is 10.5. The van der Waals surface area contributed by atoms with Crippen molar-refractivity contribution in [2.75, 3.05) is 6.54 Å². The zero-order chi connectivity index (χ0) is 14.5. The van der Waals surface area contributed by atoms with Crippen LogP contribution in [0.4, 0.5) is 0 Å². The Morgan fingerprint density at radius 1 is 1.24 bits per heavy atom. The van der Waals surface area contributed by atoms with Crippen molar-refractivity contribution in [1.29, 1.82) is 0 Å². The van der Waals surface area contributed by atoms with E-state index in [4.69, 9.17) is 0 Å². The van der Waals surface area contributed by atoms with E-state index < -0.39 is 0 Å². The highest BCUT2D eigenvalue weighted by Gasteiger charge is 2.17. The van der Waals surface area contributed by atoms with Gasteiger partial charge in [-0.2, -0.15) is 0 Å². The van der Waals surface area contributed by atoms with Crippen LogP contribution in [0.2, 0.25) is 0 Å². The summed E-state index contributed by atoms with van der Waals surface area (Å²) in [5.41, 5.74) is 1.27. The average molecular weight is 282 g/mol. The predicted octanol–water partition coefficient (Wildman–Crippen LogP) is 3.50. The van der Waals surface area contributed by atoms with Crippen molar-refractivity contribution in [3.8, 4) is 0 Å². The first kappa shape index (κ1) is 13.9. The maximum absolute atomic E-state index is 12.0. The molecule has 0 bridgehead atoms. The molecule has 21 heavy (non-hydrogen) atoms. The Kier molecular flexibility index (Phi) is 4.39. The van der Waals surface area contributed by atoms with E-state index in [1.54, 1.807) is 0 Å². The minimum Gasteiger partial charge on any atom is -0.356 e. The van der Waals surface area contributed by atoms with Crippen molar-refractivity contribution in [2.45, 2.75) is 32.2 Å². The van der Waals surface area contributed by atoms with Crippen molar-refractivity contribution in [1.82, 2.24) is 9.88 Å². The van der Waals surface area contributed by atoms with Crippen LogP contribution in [-0.2, 0) is 11.3 Å². The van der Waals surface area contributed by atoms with Crippen molar-refractivity contribution < 1.29 is 4.79 Å². The molecule has 110 valence electrons. The topological polar surface area (TPSA) is 34.0 Å². The van der Waals surface area contributed by atoms with Crippen LogP contribution in [0.5, 0.6) is 0 Å². The van der Waals surface area contributed by atoms with Crippen molar-refractivity contribution >= 4 is 16.8 Å². The number of amides is 1. The van der Waals surface area contributed by atoms with Crippen LogP contribution >= 0.6 is 0 Å². The Morgan fingerprint density at radius 3 is 3.00 bits per heavy atom. The van der Waals surface area contributed by atoms with E-state index in [2.05, 4.69) is 58.6 Å². The molecule has 1 aliphatic carbocycles. The Hall–Kier alpha value is -2.03. The Bertz CT molecular complexity index is 641. The van der Waals surface area contributed by atoms with E-state index in [1.165, 1.54) is 10.9 Å². The molecule has 1 aliphatic rings. The number of para-hydroxylation sites is 1. The monoisotopic (exact) mass is 282 g/mol. The molecule has 3 heteroatoms. The van der Waals surface area contributed by atoms with E-state index in [-0.39, 0.29) is 11.8 Å². The molecule has 0 saturated carbocycles. The van der Waals surface area contributed by atoms with Gasteiger partial charge in [-0.1, -0.05) is 30.4 Å². The summed E-state index contributed by atoms with van der Waals surface area (Å²) in [7, 11) is 0. The molecule has 0 fully saturated rings. The molecule has 1 heterocycles. The molecule has 1 amide bonds. The third kappa shape index (κ3) is 3.35. The number of nitrogens with zero attached hydrogens (tertiary/aromatic N) is 1. The molecule has 3 nitrogen and oxygen atoms in total. The van der Waals surface area contributed by atoms with Gasteiger partial charge in [0.05, 0.1) is 0 Å². The third-order valence-electron chi connectivity index (χ3n) is 4.20. The van der Waals surface area contributed by atoms with Crippen LogP contribution in [0.3, 0.4) is 0 Å². The van der Waals surface area contributed by atoms with Gasteiger partial charge in [0.2, 0.25) is 5.91 Å². The summed E-state index contributed by atoms with van der Waals surface area (Å²) in [6.45, 7) is 1.70. The van der Waals surface area contributed by atoms with E-state index in [9.17, 15) is 4.79 Å². The van der Waals surface area contributed by atoms with Crippen LogP contribution in [0.15, 0.2) is 48.7 Å². The zero-order valence-corrected chi connectivity index (χ0v) is 12.3. The second-order valence-corrected chi connectivity index (χ2v) is 5.69. The van der Waals surface area contributed by atoms with Crippen molar-refractivity contribution in [3.05, 3.63) is 48.7 Å². The lowest BCUT2D eigenvalue weighted by Crippen LogP contribution is -2.32. The fourth-order valence-electron chi connectivity index (χ4n) is 2.97. The van der Waals surface area contributed by atoms with Gasteiger partial charge in [0.1, 0.15) is 0 Å². The number of rotatable bonds is 5. The van der Waals surface area contributed by atoms with Gasteiger partial charge in [-0.25, -0.2) is 0 Å². The fourth-order valence-corrected chi connectivity index (χ4v) is 2.97. The third-order valence-corrected chi connectivity index (χ3v) is 4.20. The van der Waals surface area contributed by atoms with E-state index in [0.29, 0.717) is 0 Å². The molecular weight excluding hydrogens is 260 g/mol. The molecule has 1 N–H and O–H groups in total. The van der Waals surface area contributed by atoms with E-state index in [1.807, 2.05) is 0 Å². The Balaban J connectivity index is 1.46. The average Bonchev–Trinajstić information content (AvgIpc) is 2.95. The number of carbonyl (C=O) groups is 1. The second-order valence-electron chi connectivity index (χ2n) is 5.69. The second kappa shape index (κ2) is 6.61. The van der Waals surface area contributed by atoms with E-state index in [0.717, 1.165) is 38.8 Å². The number of carbonyl (C=O) groups excluding carboxylic acids is 1. The number of fused-ring (bicyclic) bond motifs is 1. The summed E-state index contributed by atoms with van der Waals surface area (Å²) in [4.78, 5) is 12.0. The maximum atomic E-state index is 12.0. The van der Waals surface area contributed by atoms with Crippen LogP contribution in [0.25, 0.3) is 10.9 Å². The summed E-state index contributed by atoms with van der Waals surface area (Å²) < 4.78 is 2.25. The normalized spacial score (nSPS) is 18.0. The van der Waals surface area contributed by atoms with Gasteiger partial charge in [-0.3, -0.25) is 4.79 Å². The molecular formula is C18H22N2O. The molecule has 2 aromatic rings. The van der Waals surface area contributed by atoms with Gasteiger partial charge < -0.3 is 9.88 Å². The number of aromatic nitrogens is 1. The lowest BCUT2D eigenvalue weighted by atomic mass is 9.94. The van der Waals surface area contributed by atoms with Crippen LogP contribution in [0.1, 0.15) is 25.7 Å². The standard InChI is InChI=1S/C18H22N2O/c21-18(16-8-2-1-3-9-16)19-12-6-13-20-14-11-15-7-4-5-10-17(15)20/h1-2,4-5,7,10-11,14,16H,3,6,8-9,12-13H2,(H,19,21)/t16-/m1/s1. The summed E-state index contributed by atoms with van der Waals surface area (Å²) in [6.07, 6.45) is 10.3. The largest absolute Gasteiger partial charge is 0.356 e. The lowest BCUT2D eigenvalue weighted by molar-refractivity contribution is -0.125. The molecule has 0 radical (unpaired) electrons. The minimum absolute atomic E-state index is 0.183. The van der Waals surface area contributed by atoms with Gasteiger partial charge in [-0.05, 0) is 43.2 Å². The first-order valence-corrected chi connectivity index (χ1v) is 7.81. The van der Waals surface area contributed by atoms with Gasteiger partial charge in [0, 0.05) is 30.7 Å². The zero-order valence-electron chi connectivity index (χ0n) is 12.3. The summed E-state index contributed by atoms with van der Waals surface area (Å²) in [5, 5.41) is 4.35. The quantitative estimate of drug-likeness (QED) is 0.661. The number of nitrogens with one attached hydrogen (secondary N) is 1. The number of allylic oxidation sites excluding steroid dienone is 2. The predicted molar refractivity (Wildman–Crippen MR) is 86.0 cm³/mol. The minimum atomic E-state index is 0.183. The van der Waals surface area contributed by atoms with Crippen molar-refractivity contribution in [3.63, 3.8) is 0 Å². The number of hydrogen-bond acceptors (Lipinski definition) is 1. The molecule has 0 saturated heterocycles. The highest BCUT2D eigenvalue weighted by atomic mass is 16.1. The SMILES string of the molecule is O=C(NCCCn1ccc2ccccc21)[C@@H]1CC=CCC1. The molecule has 1 atom stereocenters. The molecule has 1 aromatic heterocycles. The summed E-state index contributed by atoms with van der Waals surface area (Å²) in [5.74, 6) is 0.402. The fraction of sp³-hybridized carbons (Fsp3) is 0.389. The van der Waals surface area contributed by atoms with Crippen LogP contribution < -0.4 is 5.32 Å². The Morgan fingerprint density at radius 2 is 2.14 bits per heavy atom. The summed E-state index contributed by atoms with van der Waals surface area (Å²) >= 11 is 0. The van der Waals surface area contributed by atoms with Crippen molar-refractivity contribution in [2.24, 2.45) is 5.92 Å². The highest BCUT2D eigenvalue weighted by Crippen LogP contribution is 2.18. The van der Waals surface area contributed by atoms with E-state index >= 15 is 0 Å². The molecule has 0 unspecified atom stereocenters. The lowest BCUT2D eigenvalue weighted by Gasteiger charge is -2.17. The first-order chi connectivity index (χ1) is 10.3. The Labute approximate surface area is 125 Å². The van der Waals surface area contributed by atoms with Crippen LogP contribution in [-0.4, -0.2) is 17.0 Å². The maximum Gasteiger partial charge on any atom is 0.223 e. The highest BCUT2D eigenvalue weighted by molar-refractivity contribution is 5.80. The van der Waals surface area contributed by atoms with Gasteiger partial charge >= 0.3 is 0 Å². The van der Waals surface area contributed by atoms with Gasteiger partial charge in [0.25, 0.3) is 0 Å².